The van der Waals surface area contributed by atoms with Crippen LogP contribution in [0.3, 0.4) is 0 Å². The molecule has 0 aromatic carbocycles. The van der Waals surface area contributed by atoms with E-state index in [9.17, 15) is 14.4 Å². The fourth-order valence-corrected chi connectivity index (χ4v) is 1.73. The van der Waals surface area contributed by atoms with Gasteiger partial charge in [-0.25, -0.2) is 0 Å². The second-order valence-corrected chi connectivity index (χ2v) is 5.23. The number of carbonyl (C=O) groups excluding carboxylic acids is 3. The Morgan fingerprint density at radius 1 is 1.05 bits per heavy atom. The molecule has 3 amide bonds. The third-order valence-electron chi connectivity index (χ3n) is 2.92. The van der Waals surface area contributed by atoms with Crippen molar-refractivity contribution in [3.8, 4) is 0 Å². The summed E-state index contributed by atoms with van der Waals surface area (Å²) in [6.07, 6.45) is 0.937. The van der Waals surface area contributed by atoms with E-state index in [2.05, 4.69) is 26.6 Å². The highest BCUT2D eigenvalue weighted by molar-refractivity contribution is 5.84. The minimum atomic E-state index is -0.686. The molecule has 0 aromatic heterocycles. The molecule has 5 N–H and O–H groups in total. The van der Waals surface area contributed by atoms with Crippen molar-refractivity contribution >= 4 is 18.2 Å². The van der Waals surface area contributed by atoms with Crippen LogP contribution in [0.2, 0.25) is 0 Å². The van der Waals surface area contributed by atoms with Crippen molar-refractivity contribution < 1.29 is 14.4 Å². The first kappa shape index (κ1) is 20.3. The second-order valence-electron chi connectivity index (χ2n) is 5.23. The van der Waals surface area contributed by atoms with Gasteiger partial charge in [-0.3, -0.25) is 14.4 Å². The topological polar surface area (TPSA) is 111 Å². The summed E-state index contributed by atoms with van der Waals surface area (Å²) in [6, 6.07) is -0.312. The molecule has 0 aliphatic carbocycles. The van der Waals surface area contributed by atoms with Gasteiger partial charge in [-0.15, -0.1) is 0 Å². The summed E-state index contributed by atoms with van der Waals surface area (Å²) >= 11 is 0. The van der Waals surface area contributed by atoms with Gasteiger partial charge in [0.2, 0.25) is 18.2 Å². The number of hydrogen-bond donors (Lipinski definition) is 5. The van der Waals surface area contributed by atoms with Gasteiger partial charge < -0.3 is 26.6 Å². The zero-order valence-corrected chi connectivity index (χ0v) is 13.7. The molecule has 22 heavy (non-hydrogen) atoms. The monoisotopic (exact) mass is 315 g/mol. The van der Waals surface area contributed by atoms with E-state index in [4.69, 9.17) is 0 Å². The van der Waals surface area contributed by atoms with Gasteiger partial charge in [-0.05, 0) is 13.5 Å². The molecule has 0 aromatic rings. The zero-order chi connectivity index (χ0) is 16.8. The molecule has 0 aliphatic heterocycles. The Morgan fingerprint density at radius 2 is 1.73 bits per heavy atom. The number of rotatable bonds is 13. The number of nitrogens with one attached hydrogen (secondary N) is 5. The normalized spacial score (nSPS) is 11.8. The van der Waals surface area contributed by atoms with E-state index in [-0.39, 0.29) is 24.7 Å². The highest BCUT2D eigenvalue weighted by Gasteiger charge is 2.18. The van der Waals surface area contributed by atoms with Crippen LogP contribution in [0.15, 0.2) is 0 Å². The number of likely N-dealkylation sites (N-methyl/N-ethyl adjacent to an activating group) is 1. The molecule has 0 saturated carbocycles. The lowest BCUT2D eigenvalue weighted by atomic mass is 10.1. The first-order valence-electron chi connectivity index (χ1n) is 7.63. The minimum Gasteiger partial charge on any atom is -0.355 e. The van der Waals surface area contributed by atoms with Crippen molar-refractivity contribution in [2.24, 2.45) is 0 Å². The van der Waals surface area contributed by atoms with Gasteiger partial charge in [0, 0.05) is 38.6 Å². The van der Waals surface area contributed by atoms with Crippen LogP contribution >= 0.6 is 0 Å². The number of hydrogen-bond acceptors (Lipinski definition) is 5. The minimum absolute atomic E-state index is 0.133. The first-order valence-corrected chi connectivity index (χ1v) is 7.63. The smallest absolute Gasteiger partial charge is 0.242 e. The molecule has 0 bridgehead atoms. The maximum absolute atomic E-state index is 11.9. The molecule has 1 atom stereocenters. The van der Waals surface area contributed by atoms with Crippen molar-refractivity contribution in [3.63, 3.8) is 0 Å². The fraction of sp³-hybridized carbons (Fsp3) is 0.786. The largest absolute Gasteiger partial charge is 0.355 e. The van der Waals surface area contributed by atoms with E-state index in [0.29, 0.717) is 38.6 Å². The first-order chi connectivity index (χ1) is 10.5. The van der Waals surface area contributed by atoms with E-state index in [1.165, 1.54) is 0 Å². The highest BCUT2D eigenvalue weighted by Crippen LogP contribution is 1.97. The van der Waals surface area contributed by atoms with Crippen molar-refractivity contribution in [2.75, 3.05) is 33.2 Å². The third-order valence-corrected chi connectivity index (χ3v) is 2.92. The summed E-state index contributed by atoms with van der Waals surface area (Å²) in [5.74, 6) is -0.414. The molecule has 0 saturated heterocycles. The maximum atomic E-state index is 11.9. The van der Waals surface area contributed by atoms with E-state index >= 15 is 0 Å². The molecular formula is C14H29N5O3. The molecule has 0 fully saturated rings. The van der Waals surface area contributed by atoms with Crippen LogP contribution in [0, 0.1) is 0 Å². The van der Waals surface area contributed by atoms with Gasteiger partial charge in [0.1, 0.15) is 6.04 Å². The third kappa shape index (κ3) is 11.0. The molecule has 0 aliphatic rings. The Kier molecular flexibility index (Phi) is 12.0. The Bertz CT molecular complexity index is 336. The lowest BCUT2D eigenvalue weighted by molar-refractivity contribution is -0.126. The Labute approximate surface area is 132 Å². The molecular weight excluding hydrogens is 286 g/mol. The Hall–Kier alpha value is -1.67. The van der Waals surface area contributed by atoms with Crippen LogP contribution in [0.1, 0.15) is 26.7 Å². The summed E-state index contributed by atoms with van der Waals surface area (Å²) < 4.78 is 0. The summed E-state index contributed by atoms with van der Waals surface area (Å²) in [4.78, 5) is 34.1. The maximum Gasteiger partial charge on any atom is 0.242 e. The van der Waals surface area contributed by atoms with Gasteiger partial charge in [-0.2, -0.15) is 0 Å². The van der Waals surface area contributed by atoms with Crippen LogP contribution in [-0.2, 0) is 14.4 Å². The van der Waals surface area contributed by atoms with Crippen molar-refractivity contribution in [1.82, 2.24) is 26.6 Å². The lowest BCUT2D eigenvalue weighted by Gasteiger charge is -2.16. The second kappa shape index (κ2) is 13.0. The van der Waals surface area contributed by atoms with Gasteiger partial charge in [0.05, 0.1) is 0 Å². The van der Waals surface area contributed by atoms with Crippen molar-refractivity contribution in [3.05, 3.63) is 0 Å². The quantitative estimate of drug-likeness (QED) is 0.206. The average molecular weight is 315 g/mol. The van der Waals surface area contributed by atoms with E-state index in [1.807, 2.05) is 13.8 Å². The molecule has 128 valence electrons. The Morgan fingerprint density at radius 3 is 2.32 bits per heavy atom. The summed E-state index contributed by atoms with van der Waals surface area (Å²) in [5, 5.41) is 14.0. The predicted octanol–water partition coefficient (Wildman–Crippen LogP) is -1.67. The zero-order valence-electron chi connectivity index (χ0n) is 13.7. The molecule has 0 rings (SSSR count). The van der Waals surface area contributed by atoms with E-state index in [1.54, 1.807) is 7.05 Å². The molecule has 1 unspecified atom stereocenters. The molecule has 0 heterocycles. The van der Waals surface area contributed by atoms with Crippen LogP contribution in [0.5, 0.6) is 0 Å². The summed E-state index contributed by atoms with van der Waals surface area (Å²) in [6.45, 7) is 6.41. The van der Waals surface area contributed by atoms with Crippen LogP contribution in [0.4, 0.5) is 0 Å². The average Bonchev–Trinajstić information content (AvgIpc) is 2.47. The molecule has 8 nitrogen and oxygen atoms in total. The standard InChI is InChI=1S/C14H29N5O3/c1-11(2)16-8-9-17-13(21)5-4-12(19-10-20)14(22)18-7-6-15-3/h10-12,15-16H,4-9H2,1-3H3,(H,17,21)(H,18,22)(H,19,20). The van der Waals surface area contributed by atoms with Gasteiger partial charge in [0.15, 0.2) is 0 Å². The molecule has 8 heteroatoms. The van der Waals surface area contributed by atoms with Crippen LogP contribution in [-0.4, -0.2) is 63.5 Å². The van der Waals surface area contributed by atoms with E-state index < -0.39 is 6.04 Å². The highest BCUT2D eigenvalue weighted by atomic mass is 16.2. The molecule has 0 spiro atoms. The predicted molar refractivity (Wildman–Crippen MR) is 85.3 cm³/mol. The summed E-state index contributed by atoms with van der Waals surface area (Å²) in [7, 11) is 1.78. The van der Waals surface area contributed by atoms with Gasteiger partial charge in [0.25, 0.3) is 0 Å². The fourth-order valence-electron chi connectivity index (χ4n) is 1.73. The number of amides is 3. The van der Waals surface area contributed by atoms with Crippen molar-refractivity contribution in [2.45, 2.75) is 38.8 Å². The number of carbonyl (C=O) groups is 3. The van der Waals surface area contributed by atoms with Crippen LogP contribution < -0.4 is 26.6 Å². The Balaban J connectivity index is 3.99. The van der Waals surface area contributed by atoms with Crippen molar-refractivity contribution in [1.29, 1.82) is 0 Å². The van der Waals surface area contributed by atoms with Gasteiger partial charge >= 0.3 is 0 Å². The van der Waals surface area contributed by atoms with E-state index in [0.717, 1.165) is 0 Å². The van der Waals surface area contributed by atoms with Crippen LogP contribution in [0.25, 0.3) is 0 Å². The van der Waals surface area contributed by atoms with Gasteiger partial charge in [-0.1, -0.05) is 13.8 Å². The lowest BCUT2D eigenvalue weighted by Crippen LogP contribution is -2.46. The summed E-state index contributed by atoms with van der Waals surface area (Å²) in [5.41, 5.74) is 0. The SMILES string of the molecule is CNCCNC(=O)C(CCC(=O)NCCNC(C)C)NC=O. The molecule has 0 radical (unpaired) electrons.